The average Bonchev–Trinajstić information content (AvgIpc) is 2.36. The van der Waals surface area contributed by atoms with Crippen molar-refractivity contribution in [3.8, 4) is 12.3 Å². The molecule has 0 fully saturated rings. The number of ether oxygens (including phenoxy) is 1. The molecule has 0 aliphatic rings. The minimum atomic E-state index is -0.590. The Morgan fingerprint density at radius 1 is 1.41 bits per heavy atom. The Morgan fingerprint density at radius 2 is 2.12 bits per heavy atom. The van der Waals surface area contributed by atoms with E-state index in [1.165, 1.54) is 0 Å². The Morgan fingerprint density at radius 3 is 2.71 bits per heavy atom. The zero-order chi connectivity index (χ0) is 12.5. The molecule has 90 valence electrons. The van der Waals surface area contributed by atoms with E-state index in [9.17, 15) is 5.11 Å². The van der Waals surface area contributed by atoms with Gasteiger partial charge in [-0.2, -0.15) is 0 Å². The molecule has 0 radical (unpaired) electrons. The van der Waals surface area contributed by atoms with Crippen molar-refractivity contribution in [1.29, 1.82) is 0 Å². The van der Waals surface area contributed by atoms with E-state index < -0.39 is 6.10 Å². The summed E-state index contributed by atoms with van der Waals surface area (Å²) in [4.78, 5) is 0. The molecule has 1 aromatic rings. The van der Waals surface area contributed by atoms with Gasteiger partial charge in [0.1, 0.15) is 0 Å². The first-order chi connectivity index (χ1) is 8.27. The minimum absolute atomic E-state index is 0.335. The molecule has 0 aliphatic carbocycles. The Labute approximate surface area is 103 Å². The van der Waals surface area contributed by atoms with Crippen molar-refractivity contribution in [3.63, 3.8) is 0 Å². The third kappa shape index (κ3) is 4.86. The van der Waals surface area contributed by atoms with Gasteiger partial charge in [-0.3, -0.25) is 0 Å². The van der Waals surface area contributed by atoms with E-state index in [1.807, 2.05) is 30.3 Å². The Bertz CT molecular complexity index is 364. The largest absolute Gasteiger partial charge is 0.390 e. The van der Waals surface area contributed by atoms with Crippen LogP contribution in [0.3, 0.4) is 0 Å². The van der Waals surface area contributed by atoms with E-state index in [0.29, 0.717) is 19.4 Å². The molecule has 1 N–H and O–H groups in total. The fraction of sp³-hybridized carbons (Fsp3) is 0.333. The first-order valence-corrected chi connectivity index (χ1v) is 5.66. The van der Waals surface area contributed by atoms with E-state index in [1.54, 1.807) is 6.08 Å². The molecule has 17 heavy (non-hydrogen) atoms. The van der Waals surface area contributed by atoms with Crippen LogP contribution < -0.4 is 0 Å². The molecule has 0 spiro atoms. The lowest BCUT2D eigenvalue weighted by Crippen LogP contribution is -2.28. The highest BCUT2D eigenvalue weighted by Crippen LogP contribution is 2.11. The van der Waals surface area contributed by atoms with Crippen LogP contribution in [0.25, 0.3) is 0 Å². The number of benzene rings is 1. The summed E-state index contributed by atoms with van der Waals surface area (Å²) in [6.45, 7) is 4.05. The molecule has 0 saturated heterocycles. The van der Waals surface area contributed by atoms with Gasteiger partial charge in [-0.05, 0) is 12.0 Å². The molecular formula is C15H18O2. The number of terminal acetylenes is 1. The highest BCUT2D eigenvalue weighted by atomic mass is 16.5. The molecule has 0 heterocycles. The highest BCUT2D eigenvalue weighted by molar-refractivity contribution is 5.13. The van der Waals surface area contributed by atoms with Gasteiger partial charge in [0.15, 0.2) is 0 Å². The first kappa shape index (κ1) is 13.5. The van der Waals surface area contributed by atoms with Gasteiger partial charge in [0.25, 0.3) is 0 Å². The van der Waals surface area contributed by atoms with Gasteiger partial charge in [-0.15, -0.1) is 18.9 Å². The third-order valence-electron chi connectivity index (χ3n) is 2.46. The number of aliphatic hydroxyl groups is 1. The molecule has 2 heteroatoms. The molecule has 0 bridgehead atoms. The van der Waals surface area contributed by atoms with Crippen molar-refractivity contribution in [1.82, 2.24) is 0 Å². The predicted molar refractivity (Wildman–Crippen MR) is 69.3 cm³/mol. The molecule has 0 amide bonds. The molecule has 0 unspecified atom stereocenters. The van der Waals surface area contributed by atoms with Gasteiger partial charge < -0.3 is 9.84 Å². The van der Waals surface area contributed by atoms with Crippen LogP contribution in [0.2, 0.25) is 0 Å². The maximum Gasteiger partial charge on any atom is 0.0950 e. The molecule has 0 aromatic heterocycles. The van der Waals surface area contributed by atoms with Crippen molar-refractivity contribution in [2.75, 3.05) is 0 Å². The minimum Gasteiger partial charge on any atom is -0.390 e. The zero-order valence-electron chi connectivity index (χ0n) is 9.88. The Hall–Kier alpha value is -1.56. The molecule has 2 nitrogen and oxygen atoms in total. The van der Waals surface area contributed by atoms with Crippen molar-refractivity contribution < 1.29 is 9.84 Å². The fourth-order valence-electron chi connectivity index (χ4n) is 1.52. The van der Waals surface area contributed by atoms with Gasteiger partial charge in [-0.25, -0.2) is 0 Å². The van der Waals surface area contributed by atoms with Crippen molar-refractivity contribution >= 4 is 0 Å². The molecular weight excluding hydrogens is 212 g/mol. The number of aliphatic hydroxyl groups excluding tert-OH is 1. The average molecular weight is 230 g/mol. The lowest BCUT2D eigenvalue weighted by Gasteiger charge is -2.20. The van der Waals surface area contributed by atoms with Crippen LogP contribution in [-0.2, 0) is 11.3 Å². The van der Waals surface area contributed by atoms with Gasteiger partial charge in [-0.1, -0.05) is 36.4 Å². The number of rotatable bonds is 7. The van der Waals surface area contributed by atoms with Crippen LogP contribution in [0, 0.1) is 12.3 Å². The molecule has 1 aromatic carbocycles. The summed E-state index contributed by atoms with van der Waals surface area (Å²) in [5, 5.41) is 9.83. The van der Waals surface area contributed by atoms with Crippen LogP contribution in [0.15, 0.2) is 43.0 Å². The van der Waals surface area contributed by atoms with Gasteiger partial charge >= 0.3 is 0 Å². The standard InChI is InChI=1S/C15H18O2/c1-3-8-14(16)15(9-4-2)17-12-13-10-6-5-7-11-13/h2-3,5-7,10-11,14-16H,1,8-9,12H2/t14-,15-/m0/s1. The second-order valence-electron chi connectivity index (χ2n) is 3.84. The van der Waals surface area contributed by atoms with Crippen LogP contribution in [-0.4, -0.2) is 17.3 Å². The molecule has 0 aliphatic heterocycles. The van der Waals surface area contributed by atoms with Crippen LogP contribution >= 0.6 is 0 Å². The van der Waals surface area contributed by atoms with Gasteiger partial charge in [0, 0.05) is 6.42 Å². The van der Waals surface area contributed by atoms with Crippen LogP contribution in [0.1, 0.15) is 18.4 Å². The SMILES string of the molecule is C#CC[C@H](OCc1ccccc1)[C@@H](O)CC=C. The Balaban J connectivity index is 2.50. The molecule has 2 atom stereocenters. The van der Waals surface area contributed by atoms with E-state index in [4.69, 9.17) is 11.2 Å². The fourth-order valence-corrected chi connectivity index (χ4v) is 1.52. The van der Waals surface area contributed by atoms with Crippen molar-refractivity contribution in [2.24, 2.45) is 0 Å². The summed E-state index contributed by atoms with van der Waals surface area (Å²) in [6.07, 6.45) is 6.90. The summed E-state index contributed by atoms with van der Waals surface area (Å²) in [6, 6.07) is 9.82. The van der Waals surface area contributed by atoms with Crippen molar-refractivity contribution in [2.45, 2.75) is 31.7 Å². The Kier molecular flexibility index (Phi) is 6.09. The van der Waals surface area contributed by atoms with E-state index in [0.717, 1.165) is 5.56 Å². The number of hydrogen-bond donors (Lipinski definition) is 1. The maximum atomic E-state index is 9.83. The monoisotopic (exact) mass is 230 g/mol. The van der Waals surface area contributed by atoms with Gasteiger partial charge in [0.2, 0.25) is 0 Å². The molecule has 1 rings (SSSR count). The summed E-state index contributed by atoms with van der Waals surface area (Å²) in [5.41, 5.74) is 1.07. The summed E-state index contributed by atoms with van der Waals surface area (Å²) in [5.74, 6) is 2.52. The van der Waals surface area contributed by atoms with E-state index >= 15 is 0 Å². The first-order valence-electron chi connectivity index (χ1n) is 5.66. The zero-order valence-corrected chi connectivity index (χ0v) is 9.88. The van der Waals surface area contributed by atoms with Crippen LogP contribution in [0.4, 0.5) is 0 Å². The summed E-state index contributed by atoms with van der Waals surface area (Å²) < 4.78 is 5.64. The lowest BCUT2D eigenvalue weighted by molar-refractivity contribution is -0.0410. The quantitative estimate of drug-likeness (QED) is 0.576. The predicted octanol–water partition coefficient (Wildman–Crippen LogP) is 2.53. The summed E-state index contributed by atoms with van der Waals surface area (Å²) >= 11 is 0. The topological polar surface area (TPSA) is 29.5 Å². The third-order valence-corrected chi connectivity index (χ3v) is 2.46. The second kappa shape index (κ2) is 7.67. The molecule has 0 saturated carbocycles. The highest BCUT2D eigenvalue weighted by Gasteiger charge is 2.17. The van der Waals surface area contributed by atoms with Crippen LogP contribution in [0.5, 0.6) is 0 Å². The lowest BCUT2D eigenvalue weighted by atomic mass is 10.1. The maximum absolute atomic E-state index is 9.83. The van der Waals surface area contributed by atoms with Gasteiger partial charge in [0.05, 0.1) is 18.8 Å². The number of hydrogen-bond acceptors (Lipinski definition) is 2. The van der Waals surface area contributed by atoms with E-state index in [-0.39, 0.29) is 6.10 Å². The van der Waals surface area contributed by atoms with Crippen molar-refractivity contribution in [3.05, 3.63) is 48.6 Å². The normalized spacial score (nSPS) is 13.6. The van der Waals surface area contributed by atoms with E-state index in [2.05, 4.69) is 12.5 Å². The summed E-state index contributed by atoms with van der Waals surface area (Å²) in [7, 11) is 0. The second-order valence-corrected chi connectivity index (χ2v) is 3.84. The smallest absolute Gasteiger partial charge is 0.0950 e.